The summed E-state index contributed by atoms with van der Waals surface area (Å²) >= 11 is 0. The number of amides is 2. The standard InChI is InChI=1S/C23H30N4O3.C2HF3O2/c28-21(18-8-9-18)27-13-10-20(24-15-17-6-2-1-3-7-17)23(16-27)14-19(25-30-23)22(29)26-11-4-5-12-26;3-2(4,5)1(6)7/h1-3,6-7,18,20,24H,4-5,8-16H2;(H,6,7). The minimum absolute atomic E-state index is 0.00294. The quantitative estimate of drug-likeness (QED) is 0.613. The van der Waals surface area contributed by atoms with Gasteiger partial charge in [0.15, 0.2) is 5.60 Å². The zero-order valence-corrected chi connectivity index (χ0v) is 20.4. The molecule has 1 spiro atoms. The van der Waals surface area contributed by atoms with Crippen molar-refractivity contribution >= 4 is 23.5 Å². The van der Waals surface area contributed by atoms with Crippen LogP contribution >= 0.6 is 0 Å². The average molecular weight is 525 g/mol. The molecule has 0 bridgehead atoms. The highest BCUT2D eigenvalue weighted by Crippen LogP contribution is 2.38. The first-order valence-electron chi connectivity index (χ1n) is 12.5. The Bertz CT molecular complexity index is 1020. The third kappa shape index (κ3) is 6.60. The molecular formula is C25H31F3N4O5. The molecule has 2 atom stereocenters. The maximum Gasteiger partial charge on any atom is 0.490 e. The first-order chi connectivity index (χ1) is 17.6. The number of carboxylic acid groups (broad SMARTS) is 1. The van der Waals surface area contributed by atoms with Crippen LogP contribution < -0.4 is 5.32 Å². The first-order valence-corrected chi connectivity index (χ1v) is 12.5. The van der Waals surface area contributed by atoms with E-state index in [1.54, 1.807) is 0 Å². The number of carbonyl (C=O) groups excluding carboxylic acids is 2. The van der Waals surface area contributed by atoms with E-state index in [0.29, 0.717) is 18.7 Å². The van der Waals surface area contributed by atoms with Crippen molar-refractivity contribution in [3.05, 3.63) is 35.9 Å². The number of halogens is 3. The van der Waals surface area contributed by atoms with E-state index in [9.17, 15) is 22.8 Å². The van der Waals surface area contributed by atoms with E-state index in [4.69, 9.17) is 14.7 Å². The van der Waals surface area contributed by atoms with Gasteiger partial charge in [0, 0.05) is 38.5 Å². The van der Waals surface area contributed by atoms with Gasteiger partial charge in [-0.05, 0) is 37.7 Å². The monoisotopic (exact) mass is 524 g/mol. The van der Waals surface area contributed by atoms with E-state index in [-0.39, 0.29) is 23.8 Å². The van der Waals surface area contributed by atoms with Gasteiger partial charge in [0.05, 0.1) is 12.6 Å². The van der Waals surface area contributed by atoms with E-state index in [1.807, 2.05) is 28.0 Å². The van der Waals surface area contributed by atoms with Gasteiger partial charge in [0.25, 0.3) is 5.91 Å². The van der Waals surface area contributed by atoms with Crippen molar-refractivity contribution < 1.29 is 37.5 Å². The molecule has 2 saturated heterocycles. The van der Waals surface area contributed by atoms with Gasteiger partial charge in [0.1, 0.15) is 5.71 Å². The number of likely N-dealkylation sites (tertiary alicyclic amines) is 2. The van der Waals surface area contributed by atoms with Crippen molar-refractivity contribution in [1.82, 2.24) is 15.1 Å². The van der Waals surface area contributed by atoms with E-state index in [0.717, 1.165) is 58.3 Å². The number of nitrogens with zero attached hydrogens (tertiary/aromatic N) is 3. The molecule has 1 saturated carbocycles. The third-order valence-electron chi connectivity index (χ3n) is 7.10. The molecule has 1 aliphatic carbocycles. The maximum absolute atomic E-state index is 12.9. The molecule has 37 heavy (non-hydrogen) atoms. The summed E-state index contributed by atoms with van der Waals surface area (Å²) in [6.07, 6.45) is 0.267. The summed E-state index contributed by atoms with van der Waals surface area (Å²) in [5.41, 5.74) is 1.04. The highest BCUT2D eigenvalue weighted by molar-refractivity contribution is 6.39. The van der Waals surface area contributed by atoms with Gasteiger partial charge < -0.3 is 25.1 Å². The summed E-state index contributed by atoms with van der Waals surface area (Å²) < 4.78 is 31.7. The van der Waals surface area contributed by atoms with Crippen molar-refractivity contribution in [3.8, 4) is 0 Å². The molecule has 2 amide bonds. The number of alkyl halides is 3. The zero-order valence-electron chi connectivity index (χ0n) is 20.4. The van der Waals surface area contributed by atoms with Crippen LogP contribution in [0.25, 0.3) is 0 Å². The number of nitrogens with one attached hydrogen (secondary N) is 1. The van der Waals surface area contributed by atoms with E-state index in [1.165, 1.54) is 5.56 Å². The van der Waals surface area contributed by atoms with Crippen LogP contribution in [0.1, 0.15) is 44.1 Å². The van der Waals surface area contributed by atoms with Gasteiger partial charge in [-0.25, -0.2) is 4.79 Å². The number of oxime groups is 1. The van der Waals surface area contributed by atoms with Crippen molar-refractivity contribution in [1.29, 1.82) is 0 Å². The second-order valence-corrected chi connectivity index (χ2v) is 9.91. The third-order valence-corrected chi connectivity index (χ3v) is 7.10. The Hall–Kier alpha value is -3.15. The van der Waals surface area contributed by atoms with Crippen molar-refractivity contribution in [3.63, 3.8) is 0 Å². The fourth-order valence-corrected chi connectivity index (χ4v) is 4.94. The number of hydrogen-bond acceptors (Lipinski definition) is 6. The maximum atomic E-state index is 12.9. The highest BCUT2D eigenvalue weighted by Gasteiger charge is 2.53. The fraction of sp³-hybridized carbons (Fsp3) is 0.600. The van der Waals surface area contributed by atoms with Crippen molar-refractivity contribution in [2.24, 2.45) is 11.1 Å². The SMILES string of the molecule is O=C(C1=NOC2(C1)CN(C(=O)C1CC1)CCC2NCc1ccccc1)N1CCCC1.O=C(O)C(F)(F)F. The number of carbonyl (C=O) groups is 3. The molecule has 5 rings (SSSR count). The number of piperidine rings is 1. The van der Waals surface area contributed by atoms with Crippen molar-refractivity contribution in [2.75, 3.05) is 26.2 Å². The van der Waals surface area contributed by atoms with Crippen LogP contribution in [0.4, 0.5) is 13.2 Å². The Kier molecular flexibility index (Phi) is 8.05. The average Bonchev–Trinajstić information content (AvgIpc) is 3.41. The summed E-state index contributed by atoms with van der Waals surface area (Å²) in [5, 5.41) is 15.0. The lowest BCUT2D eigenvalue weighted by atomic mass is 9.82. The molecular weight excluding hydrogens is 493 g/mol. The Morgan fingerprint density at radius 2 is 1.70 bits per heavy atom. The second kappa shape index (κ2) is 11.1. The molecule has 1 aromatic rings. The predicted molar refractivity (Wildman–Crippen MR) is 126 cm³/mol. The van der Waals surface area contributed by atoms with Gasteiger partial charge >= 0.3 is 12.1 Å². The van der Waals surface area contributed by atoms with Crippen LogP contribution in [-0.4, -0.2) is 82.4 Å². The molecule has 9 nitrogen and oxygen atoms in total. The lowest BCUT2D eigenvalue weighted by Gasteiger charge is -2.44. The number of benzene rings is 1. The summed E-state index contributed by atoms with van der Waals surface area (Å²) in [5.74, 6) is -2.34. The van der Waals surface area contributed by atoms with E-state index < -0.39 is 17.7 Å². The second-order valence-electron chi connectivity index (χ2n) is 9.91. The molecule has 4 aliphatic rings. The number of rotatable bonds is 5. The van der Waals surface area contributed by atoms with Gasteiger partial charge in [-0.3, -0.25) is 9.59 Å². The summed E-state index contributed by atoms with van der Waals surface area (Å²) in [7, 11) is 0. The molecule has 0 aromatic heterocycles. The minimum atomic E-state index is -5.08. The fourth-order valence-electron chi connectivity index (χ4n) is 4.94. The molecule has 12 heteroatoms. The van der Waals surface area contributed by atoms with Crippen LogP contribution in [-0.2, 0) is 25.8 Å². The molecule has 1 aromatic carbocycles. The lowest BCUT2D eigenvalue weighted by molar-refractivity contribution is -0.192. The van der Waals surface area contributed by atoms with Gasteiger partial charge in [0.2, 0.25) is 5.91 Å². The van der Waals surface area contributed by atoms with Gasteiger partial charge in [-0.2, -0.15) is 13.2 Å². The van der Waals surface area contributed by atoms with Gasteiger partial charge in [-0.15, -0.1) is 0 Å². The van der Waals surface area contributed by atoms with Crippen molar-refractivity contribution in [2.45, 2.75) is 62.9 Å². The largest absolute Gasteiger partial charge is 0.490 e. The van der Waals surface area contributed by atoms with Crippen LogP contribution in [0.2, 0.25) is 0 Å². The van der Waals surface area contributed by atoms with Crippen LogP contribution in [0.5, 0.6) is 0 Å². The van der Waals surface area contributed by atoms with Crippen LogP contribution in [0, 0.1) is 5.92 Å². The predicted octanol–water partition coefficient (Wildman–Crippen LogP) is 2.56. The van der Waals surface area contributed by atoms with E-state index in [2.05, 4.69) is 22.6 Å². The number of aliphatic carboxylic acids is 1. The van der Waals surface area contributed by atoms with Crippen LogP contribution in [0.3, 0.4) is 0 Å². The Morgan fingerprint density at radius 3 is 2.30 bits per heavy atom. The summed E-state index contributed by atoms with van der Waals surface area (Å²) in [4.78, 5) is 44.4. The Labute approximate surface area is 212 Å². The Balaban J connectivity index is 0.000000405. The molecule has 3 aliphatic heterocycles. The zero-order chi connectivity index (χ0) is 26.6. The topological polar surface area (TPSA) is 112 Å². The molecule has 2 N–H and O–H groups in total. The first kappa shape index (κ1) is 26.9. The molecule has 2 unspecified atom stereocenters. The number of carboxylic acids is 1. The smallest absolute Gasteiger partial charge is 0.475 e. The minimum Gasteiger partial charge on any atom is -0.475 e. The number of hydrogen-bond donors (Lipinski definition) is 2. The van der Waals surface area contributed by atoms with Gasteiger partial charge in [-0.1, -0.05) is 35.5 Å². The highest BCUT2D eigenvalue weighted by atomic mass is 19.4. The molecule has 3 heterocycles. The lowest BCUT2D eigenvalue weighted by Crippen LogP contribution is -2.63. The normalized spacial score (nSPS) is 25.3. The molecule has 202 valence electrons. The summed E-state index contributed by atoms with van der Waals surface area (Å²) in [6.45, 7) is 3.54. The van der Waals surface area contributed by atoms with E-state index >= 15 is 0 Å². The van der Waals surface area contributed by atoms with Crippen LogP contribution in [0.15, 0.2) is 35.5 Å². The Morgan fingerprint density at radius 1 is 1.05 bits per heavy atom. The molecule has 0 radical (unpaired) electrons. The molecule has 3 fully saturated rings. The summed E-state index contributed by atoms with van der Waals surface area (Å²) in [6, 6.07) is 10.3.